The zero-order valence-corrected chi connectivity index (χ0v) is 10.2. The van der Waals surface area contributed by atoms with Crippen molar-refractivity contribution in [2.75, 3.05) is 26.3 Å². The van der Waals surface area contributed by atoms with E-state index in [0.717, 1.165) is 19.0 Å². The molecule has 1 N–H and O–H groups in total. The molecule has 1 saturated heterocycles. The molecule has 4 nitrogen and oxygen atoms in total. The van der Waals surface area contributed by atoms with Gasteiger partial charge in [-0.3, -0.25) is 4.79 Å². The molecular weight excluding hydrogens is 204 g/mol. The van der Waals surface area contributed by atoms with Crippen molar-refractivity contribution in [2.24, 2.45) is 5.92 Å². The normalized spacial score (nSPS) is 31.2. The van der Waals surface area contributed by atoms with Crippen LogP contribution in [0, 0.1) is 5.92 Å². The number of carbonyl (C=O) groups excluding carboxylic acids is 1. The van der Waals surface area contributed by atoms with Crippen LogP contribution >= 0.6 is 0 Å². The highest BCUT2D eigenvalue weighted by Crippen LogP contribution is 2.29. The van der Waals surface area contributed by atoms with Gasteiger partial charge in [-0.2, -0.15) is 0 Å². The lowest BCUT2D eigenvalue weighted by Gasteiger charge is -2.28. The summed E-state index contributed by atoms with van der Waals surface area (Å²) in [6.07, 6.45) is 1.87. The fourth-order valence-corrected chi connectivity index (χ4v) is 2.18. The summed E-state index contributed by atoms with van der Waals surface area (Å²) in [6, 6.07) is 0.942. The number of carbonyl (C=O) groups is 1. The number of nitrogens with one attached hydrogen (secondary N) is 1. The van der Waals surface area contributed by atoms with Crippen LogP contribution in [0.15, 0.2) is 0 Å². The third-order valence-electron chi connectivity index (χ3n) is 3.45. The average Bonchev–Trinajstić information content (AvgIpc) is 2.95. The van der Waals surface area contributed by atoms with Crippen LogP contribution in [0.2, 0.25) is 0 Å². The largest absolute Gasteiger partial charge is 0.378 e. The molecule has 16 heavy (non-hydrogen) atoms. The number of ether oxygens (including phenoxy) is 1. The van der Waals surface area contributed by atoms with Crippen molar-refractivity contribution < 1.29 is 9.53 Å². The predicted molar refractivity (Wildman–Crippen MR) is 62.2 cm³/mol. The van der Waals surface area contributed by atoms with E-state index in [-0.39, 0.29) is 5.91 Å². The maximum absolute atomic E-state index is 11.9. The standard InChI is InChI=1S/C12H22N2O2/c1-9-7-11(9)13-10(2)8-12(15)14-3-5-16-6-4-14/h9-11,13H,3-8H2,1-2H3. The predicted octanol–water partition coefficient (Wildman–Crippen LogP) is 0.622. The van der Waals surface area contributed by atoms with Crippen LogP contribution in [0.1, 0.15) is 26.7 Å². The monoisotopic (exact) mass is 226 g/mol. The van der Waals surface area contributed by atoms with Crippen molar-refractivity contribution in [1.29, 1.82) is 0 Å². The zero-order chi connectivity index (χ0) is 11.5. The van der Waals surface area contributed by atoms with E-state index >= 15 is 0 Å². The summed E-state index contributed by atoms with van der Waals surface area (Å²) in [7, 11) is 0. The lowest BCUT2D eigenvalue weighted by Crippen LogP contribution is -2.43. The maximum atomic E-state index is 11.9. The number of hydrogen-bond acceptors (Lipinski definition) is 3. The van der Waals surface area contributed by atoms with Crippen LogP contribution < -0.4 is 5.32 Å². The van der Waals surface area contributed by atoms with Gasteiger partial charge in [0.15, 0.2) is 0 Å². The second-order valence-corrected chi connectivity index (χ2v) is 5.08. The first-order valence-electron chi connectivity index (χ1n) is 6.28. The Kier molecular flexibility index (Phi) is 3.82. The minimum Gasteiger partial charge on any atom is -0.378 e. The smallest absolute Gasteiger partial charge is 0.224 e. The molecule has 0 spiro atoms. The van der Waals surface area contributed by atoms with Gasteiger partial charge in [-0.1, -0.05) is 6.92 Å². The Morgan fingerprint density at radius 2 is 2.12 bits per heavy atom. The zero-order valence-electron chi connectivity index (χ0n) is 10.2. The Morgan fingerprint density at radius 1 is 1.50 bits per heavy atom. The first-order valence-corrected chi connectivity index (χ1v) is 6.28. The molecule has 2 fully saturated rings. The lowest BCUT2D eigenvalue weighted by atomic mass is 10.2. The first kappa shape index (κ1) is 11.9. The number of rotatable bonds is 4. The van der Waals surface area contributed by atoms with E-state index in [1.54, 1.807) is 0 Å². The number of hydrogen-bond donors (Lipinski definition) is 1. The van der Waals surface area contributed by atoms with Gasteiger partial charge >= 0.3 is 0 Å². The highest BCUT2D eigenvalue weighted by molar-refractivity contribution is 5.76. The van der Waals surface area contributed by atoms with Gasteiger partial charge in [0.05, 0.1) is 13.2 Å². The molecule has 1 saturated carbocycles. The van der Waals surface area contributed by atoms with Crippen LogP contribution in [0.4, 0.5) is 0 Å². The Bertz CT molecular complexity index is 251. The molecule has 0 aromatic heterocycles. The highest BCUT2D eigenvalue weighted by Gasteiger charge is 2.33. The Balaban J connectivity index is 1.68. The van der Waals surface area contributed by atoms with E-state index < -0.39 is 0 Å². The van der Waals surface area contributed by atoms with Crippen LogP contribution in [-0.4, -0.2) is 49.2 Å². The summed E-state index contributed by atoms with van der Waals surface area (Å²) in [5, 5.41) is 3.49. The fourth-order valence-electron chi connectivity index (χ4n) is 2.18. The van der Waals surface area contributed by atoms with Crippen LogP contribution in [0.5, 0.6) is 0 Å². The third-order valence-corrected chi connectivity index (χ3v) is 3.45. The summed E-state index contributed by atoms with van der Waals surface area (Å²) >= 11 is 0. The Labute approximate surface area is 97.3 Å². The molecule has 1 aliphatic heterocycles. The lowest BCUT2D eigenvalue weighted by molar-refractivity contribution is -0.135. The van der Waals surface area contributed by atoms with Crippen molar-refractivity contribution >= 4 is 5.91 Å². The molecule has 2 aliphatic rings. The first-order chi connectivity index (χ1) is 7.66. The molecule has 0 bridgehead atoms. The Hall–Kier alpha value is -0.610. The summed E-state index contributed by atoms with van der Waals surface area (Å²) in [6.45, 7) is 7.23. The number of nitrogens with zero attached hydrogens (tertiary/aromatic N) is 1. The van der Waals surface area contributed by atoms with Crippen LogP contribution in [-0.2, 0) is 9.53 Å². The molecule has 1 amide bonds. The molecule has 3 unspecified atom stereocenters. The molecule has 4 heteroatoms. The van der Waals surface area contributed by atoms with Crippen molar-refractivity contribution in [1.82, 2.24) is 10.2 Å². The molecule has 1 heterocycles. The number of morpholine rings is 1. The minimum absolute atomic E-state index is 0.261. The summed E-state index contributed by atoms with van der Waals surface area (Å²) in [5.41, 5.74) is 0. The topological polar surface area (TPSA) is 41.6 Å². The quantitative estimate of drug-likeness (QED) is 0.764. The average molecular weight is 226 g/mol. The van der Waals surface area contributed by atoms with Gasteiger partial charge in [-0.05, 0) is 19.3 Å². The van der Waals surface area contributed by atoms with Gasteiger partial charge < -0.3 is 15.0 Å². The van der Waals surface area contributed by atoms with Gasteiger partial charge in [0.1, 0.15) is 0 Å². The molecular formula is C12H22N2O2. The van der Waals surface area contributed by atoms with Crippen molar-refractivity contribution in [3.8, 4) is 0 Å². The Morgan fingerprint density at radius 3 is 2.69 bits per heavy atom. The number of amides is 1. The second-order valence-electron chi connectivity index (χ2n) is 5.08. The maximum Gasteiger partial charge on any atom is 0.224 e. The van der Waals surface area contributed by atoms with E-state index in [4.69, 9.17) is 4.74 Å². The molecule has 1 aliphatic carbocycles. The van der Waals surface area contributed by atoms with Gasteiger partial charge in [-0.15, -0.1) is 0 Å². The molecule has 0 aromatic rings. The van der Waals surface area contributed by atoms with Gasteiger partial charge in [-0.25, -0.2) is 0 Å². The molecule has 92 valence electrons. The minimum atomic E-state index is 0.261. The third kappa shape index (κ3) is 3.19. The van der Waals surface area contributed by atoms with E-state index in [0.29, 0.717) is 31.7 Å². The van der Waals surface area contributed by atoms with Crippen LogP contribution in [0.25, 0.3) is 0 Å². The molecule has 2 rings (SSSR count). The molecule has 0 aromatic carbocycles. The van der Waals surface area contributed by atoms with E-state index in [9.17, 15) is 4.79 Å². The SMILES string of the molecule is CC(CC(=O)N1CCOCC1)NC1CC1C. The van der Waals surface area contributed by atoms with Crippen molar-refractivity contribution in [3.63, 3.8) is 0 Å². The molecule has 0 radical (unpaired) electrons. The summed E-state index contributed by atoms with van der Waals surface area (Å²) in [4.78, 5) is 13.8. The van der Waals surface area contributed by atoms with E-state index in [2.05, 4.69) is 19.2 Å². The summed E-state index contributed by atoms with van der Waals surface area (Å²) < 4.78 is 5.23. The van der Waals surface area contributed by atoms with E-state index in [1.165, 1.54) is 6.42 Å². The van der Waals surface area contributed by atoms with Crippen molar-refractivity contribution in [3.05, 3.63) is 0 Å². The highest BCUT2D eigenvalue weighted by atomic mass is 16.5. The van der Waals surface area contributed by atoms with Gasteiger partial charge in [0, 0.05) is 31.6 Å². The van der Waals surface area contributed by atoms with Gasteiger partial charge in [0.2, 0.25) is 5.91 Å². The van der Waals surface area contributed by atoms with E-state index in [1.807, 2.05) is 4.90 Å². The molecule has 3 atom stereocenters. The van der Waals surface area contributed by atoms with Crippen molar-refractivity contribution in [2.45, 2.75) is 38.8 Å². The van der Waals surface area contributed by atoms with Crippen LogP contribution in [0.3, 0.4) is 0 Å². The fraction of sp³-hybridized carbons (Fsp3) is 0.917. The summed E-state index contributed by atoms with van der Waals surface area (Å²) in [5.74, 6) is 1.05. The second kappa shape index (κ2) is 5.15. The van der Waals surface area contributed by atoms with Gasteiger partial charge in [0.25, 0.3) is 0 Å².